The SMILES string of the molecule is O=C1CCc2c(c3ccccc3oc2=O)O1. The van der Waals surface area contributed by atoms with Crippen molar-refractivity contribution in [1.82, 2.24) is 0 Å². The quantitative estimate of drug-likeness (QED) is 0.496. The van der Waals surface area contributed by atoms with Crippen LogP contribution in [0.1, 0.15) is 12.0 Å². The number of carbonyl (C=O) groups excluding carboxylic acids is 1. The van der Waals surface area contributed by atoms with Crippen LogP contribution in [0.4, 0.5) is 0 Å². The van der Waals surface area contributed by atoms with E-state index in [1.165, 1.54) is 0 Å². The van der Waals surface area contributed by atoms with E-state index in [9.17, 15) is 9.59 Å². The summed E-state index contributed by atoms with van der Waals surface area (Å²) in [7, 11) is 0. The minimum absolute atomic E-state index is 0.232. The Labute approximate surface area is 90.4 Å². The highest BCUT2D eigenvalue weighted by Gasteiger charge is 2.23. The van der Waals surface area contributed by atoms with Gasteiger partial charge in [-0.3, -0.25) is 4.79 Å². The van der Waals surface area contributed by atoms with Gasteiger partial charge < -0.3 is 9.15 Å². The van der Waals surface area contributed by atoms with Crippen molar-refractivity contribution in [2.45, 2.75) is 12.8 Å². The summed E-state index contributed by atoms with van der Waals surface area (Å²) in [5.41, 5.74) is 0.487. The summed E-state index contributed by atoms with van der Waals surface area (Å²) in [6.45, 7) is 0. The van der Waals surface area contributed by atoms with Gasteiger partial charge in [-0.15, -0.1) is 0 Å². The second-order valence-electron chi connectivity index (χ2n) is 3.67. The van der Waals surface area contributed by atoms with Gasteiger partial charge in [0, 0.05) is 0 Å². The number of hydrogen-bond donors (Lipinski definition) is 0. The lowest BCUT2D eigenvalue weighted by atomic mass is 10.1. The van der Waals surface area contributed by atoms with Gasteiger partial charge in [-0.1, -0.05) is 12.1 Å². The van der Waals surface area contributed by atoms with Crippen LogP contribution in [0.25, 0.3) is 11.0 Å². The first kappa shape index (κ1) is 9.15. The maximum Gasteiger partial charge on any atom is 0.343 e. The van der Waals surface area contributed by atoms with Gasteiger partial charge in [0.1, 0.15) is 5.58 Å². The average Bonchev–Trinajstić information content (AvgIpc) is 2.29. The van der Waals surface area contributed by atoms with E-state index >= 15 is 0 Å². The smallest absolute Gasteiger partial charge is 0.343 e. The molecular formula is C12H8O4. The summed E-state index contributed by atoms with van der Waals surface area (Å²) in [5.74, 6) is 0.0614. The predicted octanol–water partition coefficient (Wildman–Crippen LogP) is 1.64. The summed E-state index contributed by atoms with van der Waals surface area (Å²) in [6, 6.07) is 7.03. The van der Waals surface area contributed by atoms with Crippen LogP contribution in [0.5, 0.6) is 5.75 Å². The number of benzene rings is 1. The first-order valence-corrected chi connectivity index (χ1v) is 5.01. The monoisotopic (exact) mass is 216 g/mol. The maximum atomic E-state index is 11.6. The first-order chi connectivity index (χ1) is 7.75. The van der Waals surface area contributed by atoms with Gasteiger partial charge in [0.2, 0.25) is 0 Å². The third kappa shape index (κ3) is 1.23. The van der Waals surface area contributed by atoms with Crippen LogP contribution in [-0.2, 0) is 11.2 Å². The highest BCUT2D eigenvalue weighted by molar-refractivity contribution is 5.89. The van der Waals surface area contributed by atoms with Crippen molar-refractivity contribution in [3.63, 3.8) is 0 Å². The maximum absolute atomic E-state index is 11.6. The molecule has 0 aliphatic carbocycles. The lowest BCUT2D eigenvalue weighted by molar-refractivity contribution is -0.135. The van der Waals surface area contributed by atoms with Crippen molar-refractivity contribution in [1.29, 1.82) is 0 Å². The Balaban J connectivity index is 2.42. The number of hydrogen-bond acceptors (Lipinski definition) is 4. The van der Waals surface area contributed by atoms with Gasteiger partial charge in [0.25, 0.3) is 0 Å². The Kier molecular flexibility index (Phi) is 1.83. The minimum Gasteiger partial charge on any atom is -0.425 e. The molecular weight excluding hydrogens is 208 g/mol. The Morgan fingerprint density at radius 3 is 2.75 bits per heavy atom. The highest BCUT2D eigenvalue weighted by Crippen LogP contribution is 2.30. The lowest BCUT2D eigenvalue weighted by Crippen LogP contribution is -2.21. The van der Waals surface area contributed by atoms with Crippen LogP contribution in [0.3, 0.4) is 0 Å². The van der Waals surface area contributed by atoms with Gasteiger partial charge in [-0.2, -0.15) is 0 Å². The third-order valence-electron chi connectivity index (χ3n) is 2.65. The molecule has 1 aromatic carbocycles. The molecule has 0 amide bonds. The molecule has 1 aromatic heterocycles. The Morgan fingerprint density at radius 1 is 1.06 bits per heavy atom. The van der Waals surface area contributed by atoms with E-state index < -0.39 is 5.63 Å². The molecule has 80 valence electrons. The van der Waals surface area contributed by atoms with Crippen LogP contribution in [-0.4, -0.2) is 5.97 Å². The van der Waals surface area contributed by atoms with Crippen molar-refractivity contribution < 1.29 is 13.9 Å². The Bertz CT molecular complexity index is 639. The molecule has 0 radical (unpaired) electrons. The highest BCUT2D eigenvalue weighted by atomic mass is 16.5. The van der Waals surface area contributed by atoms with Crippen LogP contribution >= 0.6 is 0 Å². The van der Waals surface area contributed by atoms with Crippen molar-refractivity contribution in [2.24, 2.45) is 0 Å². The van der Waals surface area contributed by atoms with E-state index in [1.807, 2.05) is 6.07 Å². The van der Waals surface area contributed by atoms with Gasteiger partial charge >= 0.3 is 11.6 Å². The molecule has 1 aliphatic rings. The van der Waals surface area contributed by atoms with Crippen LogP contribution in [0.15, 0.2) is 33.5 Å². The number of fused-ring (bicyclic) bond motifs is 3. The van der Waals surface area contributed by atoms with Gasteiger partial charge in [0.15, 0.2) is 5.75 Å². The fourth-order valence-electron chi connectivity index (χ4n) is 1.88. The van der Waals surface area contributed by atoms with Gasteiger partial charge in [0.05, 0.1) is 17.4 Å². The molecule has 0 atom stereocenters. The number of ether oxygens (including phenoxy) is 1. The van der Waals surface area contributed by atoms with Crippen molar-refractivity contribution >= 4 is 16.9 Å². The van der Waals surface area contributed by atoms with E-state index in [1.54, 1.807) is 18.2 Å². The molecule has 0 N–H and O–H groups in total. The zero-order chi connectivity index (χ0) is 11.1. The first-order valence-electron chi connectivity index (χ1n) is 5.01. The topological polar surface area (TPSA) is 56.5 Å². The summed E-state index contributed by atoms with van der Waals surface area (Å²) in [6.07, 6.45) is 0.622. The molecule has 0 saturated carbocycles. The summed E-state index contributed by atoms with van der Waals surface area (Å²) >= 11 is 0. The van der Waals surface area contributed by atoms with E-state index in [0.717, 1.165) is 0 Å². The predicted molar refractivity (Wildman–Crippen MR) is 56.4 cm³/mol. The van der Waals surface area contributed by atoms with Gasteiger partial charge in [-0.25, -0.2) is 4.79 Å². The molecule has 0 bridgehead atoms. The Morgan fingerprint density at radius 2 is 1.88 bits per heavy atom. The molecule has 4 heteroatoms. The molecule has 3 rings (SSSR count). The summed E-state index contributed by atoms with van der Waals surface area (Å²) < 4.78 is 10.3. The van der Waals surface area contributed by atoms with Crippen LogP contribution < -0.4 is 10.4 Å². The lowest BCUT2D eigenvalue weighted by Gasteiger charge is -2.15. The number of esters is 1. The largest absolute Gasteiger partial charge is 0.425 e. The standard InChI is InChI=1S/C12H8O4/c13-10-6-5-8-11(16-10)7-3-1-2-4-9(7)15-12(8)14/h1-4H,5-6H2. The Hall–Kier alpha value is -2.10. The molecule has 0 fully saturated rings. The second-order valence-corrected chi connectivity index (χ2v) is 3.67. The van der Waals surface area contributed by atoms with E-state index in [4.69, 9.17) is 9.15 Å². The molecule has 1 aliphatic heterocycles. The van der Waals surface area contributed by atoms with Crippen LogP contribution in [0, 0.1) is 0 Å². The molecule has 2 aromatic rings. The van der Waals surface area contributed by atoms with Crippen molar-refractivity contribution in [3.05, 3.63) is 40.2 Å². The fourth-order valence-corrected chi connectivity index (χ4v) is 1.88. The van der Waals surface area contributed by atoms with Crippen molar-refractivity contribution in [3.8, 4) is 5.75 Å². The van der Waals surface area contributed by atoms with Crippen molar-refractivity contribution in [2.75, 3.05) is 0 Å². The number of carbonyl (C=O) groups is 1. The fraction of sp³-hybridized carbons (Fsp3) is 0.167. The third-order valence-corrected chi connectivity index (χ3v) is 2.65. The molecule has 0 unspecified atom stereocenters. The zero-order valence-corrected chi connectivity index (χ0v) is 8.36. The molecule has 4 nitrogen and oxygen atoms in total. The minimum atomic E-state index is -0.416. The summed E-state index contributed by atoms with van der Waals surface area (Å²) in [5, 5.41) is 0.671. The van der Waals surface area contributed by atoms with E-state index in [2.05, 4.69) is 0 Å². The number of rotatable bonds is 0. The summed E-state index contributed by atoms with van der Waals surface area (Å²) in [4.78, 5) is 22.9. The molecule has 0 spiro atoms. The van der Waals surface area contributed by atoms with E-state index in [-0.39, 0.29) is 12.4 Å². The molecule has 2 heterocycles. The van der Waals surface area contributed by atoms with Gasteiger partial charge in [-0.05, 0) is 18.6 Å². The molecule has 0 saturated heterocycles. The molecule has 16 heavy (non-hydrogen) atoms. The second kappa shape index (κ2) is 3.20. The zero-order valence-electron chi connectivity index (χ0n) is 8.36. The average molecular weight is 216 g/mol. The number of para-hydroxylation sites is 1. The van der Waals surface area contributed by atoms with Crippen LogP contribution in [0.2, 0.25) is 0 Å². The van der Waals surface area contributed by atoms with E-state index in [0.29, 0.717) is 28.7 Å². The normalized spacial score (nSPS) is 14.6.